The summed E-state index contributed by atoms with van der Waals surface area (Å²) in [4.78, 5) is 12.1. The third kappa shape index (κ3) is 4.24. The summed E-state index contributed by atoms with van der Waals surface area (Å²) in [5, 5.41) is 0. The summed E-state index contributed by atoms with van der Waals surface area (Å²) in [5.74, 6) is 0.561. The molecule has 0 saturated heterocycles. The maximum Gasteiger partial charge on any atom is 0.306 e. The van der Waals surface area contributed by atoms with Crippen LogP contribution in [0.2, 0.25) is 0 Å². The molecule has 0 saturated carbocycles. The van der Waals surface area contributed by atoms with Crippen LogP contribution in [0.5, 0.6) is 0 Å². The SMILES string of the molecule is COC(=O)CCSc1cccc(C(C)N)c1. The van der Waals surface area contributed by atoms with Crippen molar-refractivity contribution in [1.82, 2.24) is 0 Å². The second-order valence-electron chi connectivity index (χ2n) is 3.54. The number of nitrogens with two attached hydrogens (primary N) is 1. The molecule has 2 N–H and O–H groups in total. The van der Waals surface area contributed by atoms with Crippen molar-refractivity contribution in [2.45, 2.75) is 24.3 Å². The van der Waals surface area contributed by atoms with Crippen LogP contribution >= 0.6 is 11.8 Å². The van der Waals surface area contributed by atoms with Crippen LogP contribution in [-0.4, -0.2) is 18.8 Å². The first-order valence-corrected chi connectivity index (χ1v) is 6.17. The number of carbonyl (C=O) groups is 1. The van der Waals surface area contributed by atoms with Crippen molar-refractivity contribution in [3.8, 4) is 0 Å². The highest BCUT2D eigenvalue weighted by Gasteiger charge is 2.03. The van der Waals surface area contributed by atoms with E-state index in [2.05, 4.69) is 10.8 Å². The summed E-state index contributed by atoms with van der Waals surface area (Å²) in [6, 6.07) is 8.12. The molecule has 0 aliphatic rings. The van der Waals surface area contributed by atoms with Gasteiger partial charge in [0.25, 0.3) is 0 Å². The molecule has 3 nitrogen and oxygen atoms in total. The molecule has 0 heterocycles. The van der Waals surface area contributed by atoms with E-state index in [4.69, 9.17) is 5.73 Å². The summed E-state index contributed by atoms with van der Waals surface area (Å²) < 4.78 is 4.58. The highest BCUT2D eigenvalue weighted by molar-refractivity contribution is 7.99. The van der Waals surface area contributed by atoms with Crippen LogP contribution in [0.3, 0.4) is 0 Å². The Morgan fingerprint density at radius 1 is 1.56 bits per heavy atom. The smallest absolute Gasteiger partial charge is 0.306 e. The van der Waals surface area contributed by atoms with Crippen LogP contribution in [0.15, 0.2) is 29.2 Å². The lowest BCUT2D eigenvalue weighted by atomic mass is 10.1. The Morgan fingerprint density at radius 3 is 2.94 bits per heavy atom. The van der Waals surface area contributed by atoms with Crippen LogP contribution in [0, 0.1) is 0 Å². The summed E-state index contributed by atoms with van der Waals surface area (Å²) in [6.07, 6.45) is 0.434. The highest BCUT2D eigenvalue weighted by Crippen LogP contribution is 2.22. The molecule has 0 spiro atoms. The van der Waals surface area contributed by atoms with Crippen molar-refractivity contribution in [3.63, 3.8) is 0 Å². The highest BCUT2D eigenvalue weighted by atomic mass is 32.2. The van der Waals surface area contributed by atoms with Gasteiger partial charge in [-0.2, -0.15) is 0 Å². The molecule has 16 heavy (non-hydrogen) atoms. The van der Waals surface area contributed by atoms with Crippen molar-refractivity contribution >= 4 is 17.7 Å². The minimum atomic E-state index is -0.171. The van der Waals surface area contributed by atoms with Gasteiger partial charge in [-0.25, -0.2) is 0 Å². The number of thioether (sulfide) groups is 1. The Hall–Kier alpha value is -1.00. The normalized spacial score (nSPS) is 12.2. The average molecular weight is 239 g/mol. The fourth-order valence-corrected chi connectivity index (χ4v) is 2.14. The molecule has 1 atom stereocenters. The third-order valence-corrected chi connectivity index (χ3v) is 3.18. The average Bonchev–Trinajstić information content (AvgIpc) is 2.29. The Kier molecular flexibility index (Phi) is 5.35. The zero-order valence-electron chi connectivity index (χ0n) is 9.60. The molecule has 0 bridgehead atoms. The standard InChI is InChI=1S/C12H17NO2S/c1-9(13)10-4-3-5-11(8-10)16-7-6-12(14)15-2/h3-5,8-9H,6-7,13H2,1-2H3. The van der Waals surface area contributed by atoms with E-state index >= 15 is 0 Å². The number of hydrogen-bond donors (Lipinski definition) is 1. The number of benzene rings is 1. The topological polar surface area (TPSA) is 52.3 Å². The van der Waals surface area contributed by atoms with E-state index in [-0.39, 0.29) is 12.0 Å². The van der Waals surface area contributed by atoms with Gasteiger partial charge >= 0.3 is 5.97 Å². The number of methoxy groups -OCH3 is 1. The minimum absolute atomic E-state index is 0.0427. The van der Waals surface area contributed by atoms with Crippen LogP contribution in [0.1, 0.15) is 24.9 Å². The summed E-state index contributed by atoms with van der Waals surface area (Å²) >= 11 is 1.64. The maximum atomic E-state index is 10.9. The van der Waals surface area contributed by atoms with Gasteiger partial charge in [0.05, 0.1) is 13.5 Å². The number of esters is 1. The third-order valence-electron chi connectivity index (χ3n) is 2.19. The number of ether oxygens (including phenoxy) is 1. The van der Waals surface area contributed by atoms with Gasteiger partial charge in [-0.05, 0) is 24.6 Å². The van der Waals surface area contributed by atoms with E-state index in [0.717, 1.165) is 16.2 Å². The van der Waals surface area contributed by atoms with Crippen LogP contribution in [0.25, 0.3) is 0 Å². The molecule has 1 aromatic carbocycles. The molecular formula is C12H17NO2S. The molecule has 88 valence electrons. The minimum Gasteiger partial charge on any atom is -0.469 e. The lowest BCUT2D eigenvalue weighted by Gasteiger charge is -2.07. The Bertz CT molecular complexity index is 353. The van der Waals surface area contributed by atoms with Crippen molar-refractivity contribution in [1.29, 1.82) is 0 Å². The molecule has 1 rings (SSSR count). The van der Waals surface area contributed by atoms with E-state index in [9.17, 15) is 4.79 Å². The molecule has 4 heteroatoms. The zero-order valence-corrected chi connectivity index (χ0v) is 10.4. The maximum absolute atomic E-state index is 10.9. The van der Waals surface area contributed by atoms with Crippen molar-refractivity contribution in [2.24, 2.45) is 5.73 Å². The van der Waals surface area contributed by atoms with Gasteiger partial charge in [0.1, 0.15) is 0 Å². The van der Waals surface area contributed by atoms with Gasteiger partial charge in [0, 0.05) is 16.7 Å². The molecule has 0 aliphatic heterocycles. The Morgan fingerprint density at radius 2 is 2.31 bits per heavy atom. The van der Waals surface area contributed by atoms with Crippen molar-refractivity contribution in [2.75, 3.05) is 12.9 Å². The Balaban J connectivity index is 2.48. The molecule has 1 aromatic rings. The molecule has 0 radical (unpaired) electrons. The molecule has 0 amide bonds. The monoisotopic (exact) mass is 239 g/mol. The van der Waals surface area contributed by atoms with Crippen LogP contribution in [-0.2, 0) is 9.53 Å². The first-order valence-electron chi connectivity index (χ1n) is 5.18. The molecule has 0 aliphatic carbocycles. The van der Waals surface area contributed by atoms with Crippen molar-refractivity contribution in [3.05, 3.63) is 29.8 Å². The Labute approximate surface area is 100 Å². The zero-order chi connectivity index (χ0) is 12.0. The molecule has 0 fully saturated rings. The lowest BCUT2D eigenvalue weighted by molar-refractivity contribution is -0.140. The van der Waals surface area contributed by atoms with Crippen LogP contribution in [0.4, 0.5) is 0 Å². The van der Waals surface area contributed by atoms with Gasteiger partial charge in [0.15, 0.2) is 0 Å². The lowest BCUT2D eigenvalue weighted by Crippen LogP contribution is -2.04. The van der Waals surface area contributed by atoms with E-state index in [1.165, 1.54) is 7.11 Å². The fraction of sp³-hybridized carbons (Fsp3) is 0.417. The van der Waals surface area contributed by atoms with Gasteiger partial charge in [-0.15, -0.1) is 11.8 Å². The van der Waals surface area contributed by atoms with Gasteiger partial charge in [-0.3, -0.25) is 4.79 Å². The van der Waals surface area contributed by atoms with Gasteiger partial charge in [0.2, 0.25) is 0 Å². The largest absolute Gasteiger partial charge is 0.469 e. The van der Waals surface area contributed by atoms with Gasteiger partial charge < -0.3 is 10.5 Å². The summed E-state index contributed by atoms with van der Waals surface area (Å²) in [6.45, 7) is 1.96. The fourth-order valence-electron chi connectivity index (χ4n) is 1.24. The number of hydrogen-bond acceptors (Lipinski definition) is 4. The summed E-state index contributed by atoms with van der Waals surface area (Å²) in [7, 11) is 1.41. The molecular weight excluding hydrogens is 222 g/mol. The number of rotatable bonds is 5. The summed E-state index contributed by atoms with van der Waals surface area (Å²) in [5.41, 5.74) is 6.91. The van der Waals surface area contributed by atoms with Crippen LogP contribution < -0.4 is 5.73 Å². The predicted molar refractivity (Wildman–Crippen MR) is 66.4 cm³/mol. The molecule has 0 aromatic heterocycles. The second-order valence-corrected chi connectivity index (χ2v) is 4.70. The first kappa shape index (κ1) is 13.1. The predicted octanol–water partition coefficient (Wildman–Crippen LogP) is 2.36. The first-order chi connectivity index (χ1) is 7.63. The van der Waals surface area contributed by atoms with Gasteiger partial charge in [-0.1, -0.05) is 12.1 Å². The quantitative estimate of drug-likeness (QED) is 0.633. The van der Waals surface area contributed by atoms with E-state index in [1.807, 2.05) is 25.1 Å². The second kappa shape index (κ2) is 6.55. The number of carbonyl (C=O) groups excluding carboxylic acids is 1. The van der Waals surface area contributed by atoms with Crippen molar-refractivity contribution < 1.29 is 9.53 Å². The van der Waals surface area contributed by atoms with E-state index in [1.54, 1.807) is 11.8 Å². The van der Waals surface area contributed by atoms with E-state index < -0.39 is 0 Å². The molecule has 1 unspecified atom stereocenters. The van der Waals surface area contributed by atoms with E-state index in [0.29, 0.717) is 6.42 Å².